The monoisotopic (exact) mass is 336 g/mol. The molecule has 1 aromatic heterocycles. The summed E-state index contributed by atoms with van der Waals surface area (Å²) in [7, 11) is 0. The Balaban J connectivity index is 1.53. The highest BCUT2D eigenvalue weighted by Gasteiger charge is 2.27. The summed E-state index contributed by atoms with van der Waals surface area (Å²) in [6.45, 7) is 0.563. The molecular formula is C19H16N2O2S. The SMILES string of the molecule is O=C(Nc1cc(-c2ccccc2)ns1)C1CCOc2ccccc21. The van der Waals surface area contributed by atoms with Crippen LogP contribution in [0.5, 0.6) is 5.75 Å². The van der Waals surface area contributed by atoms with Crippen LogP contribution in [0.4, 0.5) is 5.00 Å². The van der Waals surface area contributed by atoms with Crippen LogP contribution in [0.3, 0.4) is 0 Å². The molecule has 1 aliphatic heterocycles. The second-order valence-electron chi connectivity index (χ2n) is 5.66. The molecule has 0 bridgehead atoms. The van der Waals surface area contributed by atoms with E-state index in [4.69, 9.17) is 4.74 Å². The topological polar surface area (TPSA) is 51.2 Å². The third-order valence-electron chi connectivity index (χ3n) is 4.10. The molecule has 0 fully saturated rings. The Kier molecular flexibility index (Phi) is 4.01. The number of hydrogen-bond acceptors (Lipinski definition) is 4. The quantitative estimate of drug-likeness (QED) is 0.775. The minimum atomic E-state index is -0.183. The molecule has 1 amide bonds. The number of carbonyl (C=O) groups excluding carboxylic acids is 1. The Bertz CT molecular complexity index is 861. The van der Waals surface area contributed by atoms with E-state index in [9.17, 15) is 4.79 Å². The van der Waals surface area contributed by atoms with Crippen molar-refractivity contribution in [1.82, 2.24) is 4.37 Å². The molecule has 1 unspecified atom stereocenters. The lowest BCUT2D eigenvalue weighted by atomic mass is 9.92. The Morgan fingerprint density at radius 3 is 2.79 bits per heavy atom. The molecule has 4 rings (SSSR count). The number of hydrogen-bond donors (Lipinski definition) is 1. The molecule has 24 heavy (non-hydrogen) atoms. The van der Waals surface area contributed by atoms with Crippen molar-refractivity contribution >= 4 is 22.4 Å². The minimum Gasteiger partial charge on any atom is -0.493 e. The Morgan fingerprint density at radius 2 is 1.92 bits per heavy atom. The molecule has 0 saturated heterocycles. The smallest absolute Gasteiger partial charge is 0.232 e. The molecule has 3 aromatic rings. The van der Waals surface area contributed by atoms with Crippen LogP contribution in [-0.4, -0.2) is 16.9 Å². The second kappa shape index (κ2) is 6.45. The first-order chi connectivity index (χ1) is 11.8. The molecule has 2 aromatic carbocycles. The van der Waals surface area contributed by atoms with Crippen molar-refractivity contribution in [3.63, 3.8) is 0 Å². The molecule has 0 radical (unpaired) electrons. The number of nitrogens with one attached hydrogen (secondary N) is 1. The van der Waals surface area contributed by atoms with Crippen molar-refractivity contribution < 1.29 is 9.53 Å². The lowest BCUT2D eigenvalue weighted by molar-refractivity contribution is -0.118. The molecule has 5 heteroatoms. The largest absolute Gasteiger partial charge is 0.493 e. The van der Waals surface area contributed by atoms with E-state index in [2.05, 4.69) is 9.69 Å². The Hall–Kier alpha value is -2.66. The number of benzene rings is 2. The van der Waals surface area contributed by atoms with Crippen LogP contribution in [0.25, 0.3) is 11.3 Å². The molecule has 0 aliphatic carbocycles. The maximum Gasteiger partial charge on any atom is 0.232 e. The molecule has 0 spiro atoms. The summed E-state index contributed by atoms with van der Waals surface area (Å²) in [6.07, 6.45) is 0.688. The fraction of sp³-hybridized carbons (Fsp3) is 0.158. The van der Waals surface area contributed by atoms with Crippen LogP contribution in [0.1, 0.15) is 17.9 Å². The third-order valence-corrected chi connectivity index (χ3v) is 4.81. The highest BCUT2D eigenvalue weighted by molar-refractivity contribution is 7.10. The van der Waals surface area contributed by atoms with Crippen LogP contribution in [-0.2, 0) is 4.79 Å². The number of para-hydroxylation sites is 1. The normalized spacial score (nSPS) is 16.1. The van der Waals surface area contributed by atoms with Crippen LogP contribution in [0.2, 0.25) is 0 Å². The van der Waals surface area contributed by atoms with Gasteiger partial charge in [0.15, 0.2) is 0 Å². The van der Waals surface area contributed by atoms with Gasteiger partial charge in [-0.05, 0) is 24.0 Å². The first-order valence-corrected chi connectivity index (χ1v) is 8.63. The van der Waals surface area contributed by atoms with Crippen molar-refractivity contribution in [2.75, 3.05) is 11.9 Å². The molecule has 1 aliphatic rings. The number of rotatable bonds is 3. The zero-order valence-electron chi connectivity index (χ0n) is 12.9. The van der Waals surface area contributed by atoms with Crippen LogP contribution >= 0.6 is 11.5 Å². The van der Waals surface area contributed by atoms with Gasteiger partial charge in [-0.2, -0.15) is 4.37 Å². The molecular weight excluding hydrogens is 320 g/mol. The lowest BCUT2D eigenvalue weighted by Gasteiger charge is -2.24. The molecule has 120 valence electrons. The Morgan fingerprint density at radius 1 is 1.12 bits per heavy atom. The van der Waals surface area contributed by atoms with Gasteiger partial charge in [-0.1, -0.05) is 48.5 Å². The van der Waals surface area contributed by atoms with E-state index in [0.29, 0.717) is 13.0 Å². The standard InChI is InChI=1S/C19H16N2O2S/c22-19(15-10-11-23-17-9-5-4-8-14(15)17)20-18-12-16(21-24-18)13-6-2-1-3-7-13/h1-9,12,15H,10-11H2,(H,20,22). The number of carbonyl (C=O) groups is 1. The van der Waals surface area contributed by atoms with E-state index in [1.165, 1.54) is 11.5 Å². The summed E-state index contributed by atoms with van der Waals surface area (Å²) >= 11 is 1.30. The highest BCUT2D eigenvalue weighted by Crippen LogP contribution is 2.34. The number of amides is 1. The summed E-state index contributed by atoms with van der Waals surface area (Å²) in [4.78, 5) is 12.7. The van der Waals surface area contributed by atoms with E-state index in [-0.39, 0.29) is 11.8 Å². The van der Waals surface area contributed by atoms with Gasteiger partial charge in [0.2, 0.25) is 5.91 Å². The fourth-order valence-electron chi connectivity index (χ4n) is 2.90. The number of anilines is 1. The van der Waals surface area contributed by atoms with Gasteiger partial charge in [0, 0.05) is 17.2 Å². The minimum absolute atomic E-state index is 0.00554. The van der Waals surface area contributed by atoms with Crippen molar-refractivity contribution in [1.29, 1.82) is 0 Å². The number of nitrogens with zero attached hydrogens (tertiary/aromatic N) is 1. The first-order valence-electron chi connectivity index (χ1n) is 7.86. The van der Waals surface area contributed by atoms with E-state index < -0.39 is 0 Å². The molecule has 1 N–H and O–H groups in total. The van der Waals surface area contributed by atoms with E-state index >= 15 is 0 Å². The first kappa shape index (κ1) is 14.9. The van der Waals surface area contributed by atoms with E-state index in [1.807, 2.05) is 60.7 Å². The molecule has 0 saturated carbocycles. The van der Waals surface area contributed by atoms with Gasteiger partial charge in [-0.15, -0.1) is 0 Å². The van der Waals surface area contributed by atoms with Gasteiger partial charge in [0.05, 0.1) is 18.2 Å². The maximum atomic E-state index is 12.7. The second-order valence-corrected chi connectivity index (χ2v) is 6.46. The van der Waals surface area contributed by atoms with Crippen molar-refractivity contribution in [3.05, 3.63) is 66.2 Å². The Labute approximate surface area is 144 Å². The van der Waals surface area contributed by atoms with E-state index in [1.54, 1.807) is 0 Å². The van der Waals surface area contributed by atoms with Crippen LogP contribution < -0.4 is 10.1 Å². The maximum absolute atomic E-state index is 12.7. The number of ether oxygens (including phenoxy) is 1. The fourth-order valence-corrected chi connectivity index (χ4v) is 3.57. The van der Waals surface area contributed by atoms with Gasteiger partial charge >= 0.3 is 0 Å². The highest BCUT2D eigenvalue weighted by atomic mass is 32.1. The predicted molar refractivity (Wildman–Crippen MR) is 95.5 cm³/mol. The van der Waals surface area contributed by atoms with Gasteiger partial charge in [0.25, 0.3) is 0 Å². The lowest BCUT2D eigenvalue weighted by Crippen LogP contribution is -2.26. The third kappa shape index (κ3) is 2.90. The zero-order valence-corrected chi connectivity index (χ0v) is 13.8. The summed E-state index contributed by atoms with van der Waals surface area (Å²) in [5, 5.41) is 3.77. The van der Waals surface area contributed by atoms with Crippen molar-refractivity contribution in [2.24, 2.45) is 0 Å². The average Bonchev–Trinajstić information content (AvgIpc) is 3.10. The summed E-state index contributed by atoms with van der Waals surface area (Å²) in [6, 6.07) is 19.6. The van der Waals surface area contributed by atoms with Crippen LogP contribution in [0.15, 0.2) is 60.7 Å². The van der Waals surface area contributed by atoms with Crippen molar-refractivity contribution in [2.45, 2.75) is 12.3 Å². The molecule has 2 heterocycles. The zero-order chi connectivity index (χ0) is 16.4. The summed E-state index contributed by atoms with van der Waals surface area (Å²) in [5.41, 5.74) is 2.88. The van der Waals surface area contributed by atoms with Crippen LogP contribution in [0, 0.1) is 0 Å². The number of fused-ring (bicyclic) bond motifs is 1. The summed E-state index contributed by atoms with van der Waals surface area (Å²) < 4.78 is 10.1. The molecule has 4 nitrogen and oxygen atoms in total. The van der Waals surface area contributed by atoms with Gasteiger partial charge in [-0.25, -0.2) is 0 Å². The molecule has 1 atom stereocenters. The van der Waals surface area contributed by atoms with Crippen molar-refractivity contribution in [3.8, 4) is 17.0 Å². The van der Waals surface area contributed by atoms with Gasteiger partial charge in [0.1, 0.15) is 10.8 Å². The van der Waals surface area contributed by atoms with E-state index in [0.717, 1.165) is 27.6 Å². The summed E-state index contributed by atoms with van der Waals surface area (Å²) in [5.74, 6) is 0.615. The average molecular weight is 336 g/mol. The van der Waals surface area contributed by atoms with Gasteiger partial charge < -0.3 is 10.1 Å². The number of aromatic nitrogens is 1. The predicted octanol–water partition coefficient (Wildman–Crippen LogP) is 4.31. The van der Waals surface area contributed by atoms with Gasteiger partial charge in [-0.3, -0.25) is 4.79 Å².